The third-order valence-electron chi connectivity index (χ3n) is 6.07. The quantitative estimate of drug-likeness (QED) is 0.653. The van der Waals surface area contributed by atoms with Crippen molar-refractivity contribution in [3.63, 3.8) is 0 Å². The van der Waals surface area contributed by atoms with Gasteiger partial charge in [0.25, 0.3) is 5.91 Å². The van der Waals surface area contributed by atoms with E-state index in [4.69, 9.17) is 10.5 Å². The van der Waals surface area contributed by atoms with Crippen LogP contribution in [0.3, 0.4) is 0 Å². The lowest BCUT2D eigenvalue weighted by Gasteiger charge is -2.37. The van der Waals surface area contributed by atoms with Crippen LogP contribution in [0.5, 0.6) is 5.75 Å². The molecule has 9 heteroatoms. The van der Waals surface area contributed by atoms with E-state index in [2.05, 4.69) is 20.2 Å². The van der Waals surface area contributed by atoms with Crippen molar-refractivity contribution in [3.05, 3.63) is 48.2 Å². The Bertz CT molecular complexity index is 1110. The number of nitrogens with two attached hydrogens (primary N) is 1. The molecule has 0 saturated carbocycles. The van der Waals surface area contributed by atoms with Crippen molar-refractivity contribution < 1.29 is 14.3 Å². The number of hydrogen-bond donors (Lipinski definition) is 2. The van der Waals surface area contributed by atoms with Gasteiger partial charge in [0, 0.05) is 68.7 Å². The van der Waals surface area contributed by atoms with Crippen LogP contribution in [0.1, 0.15) is 39.1 Å². The first kappa shape index (κ1) is 23.5. The van der Waals surface area contributed by atoms with E-state index in [1.54, 1.807) is 18.5 Å². The van der Waals surface area contributed by atoms with E-state index in [0.29, 0.717) is 31.9 Å². The number of fused-ring (bicyclic) bond motifs is 1. The number of ether oxygens (including phenoxy) is 1. The molecule has 1 fully saturated rings. The normalized spacial score (nSPS) is 17.4. The fourth-order valence-corrected chi connectivity index (χ4v) is 4.41. The van der Waals surface area contributed by atoms with Gasteiger partial charge in [0.15, 0.2) is 5.82 Å². The lowest BCUT2D eigenvalue weighted by Crippen LogP contribution is -2.50. The van der Waals surface area contributed by atoms with Crippen molar-refractivity contribution in [3.8, 4) is 5.75 Å². The van der Waals surface area contributed by atoms with Gasteiger partial charge in [-0.3, -0.25) is 9.59 Å². The molecule has 9 nitrogen and oxygen atoms in total. The molecule has 0 aliphatic carbocycles. The van der Waals surface area contributed by atoms with E-state index in [0.717, 1.165) is 23.4 Å². The Kier molecular flexibility index (Phi) is 6.45. The number of benzene rings is 1. The van der Waals surface area contributed by atoms with E-state index < -0.39 is 0 Å². The number of amides is 2. The van der Waals surface area contributed by atoms with Crippen molar-refractivity contribution in [1.82, 2.24) is 14.9 Å². The maximum Gasteiger partial charge on any atom is 0.261 e. The standard InChI is InChI=1S/C25H32N6O3/c1-16(2)24(33)31-10-8-30(9-11-31)20-13-21-17(14-25(3,4)34-21)12-19(20)29-23(32)18(15-26)22-27-6-5-7-28-22/h5-7,12-13,15-16H,8-11,14,26H2,1-4H3,(H,29,32). The molecule has 0 atom stereocenters. The molecule has 2 aromatic rings. The summed E-state index contributed by atoms with van der Waals surface area (Å²) in [7, 11) is 0. The predicted molar refractivity (Wildman–Crippen MR) is 131 cm³/mol. The molecule has 2 aliphatic heterocycles. The number of nitrogens with one attached hydrogen (secondary N) is 1. The monoisotopic (exact) mass is 464 g/mol. The molecule has 3 heterocycles. The smallest absolute Gasteiger partial charge is 0.261 e. The highest BCUT2D eigenvalue weighted by atomic mass is 16.5. The second-order valence-electron chi connectivity index (χ2n) is 9.59. The average molecular weight is 465 g/mol. The van der Waals surface area contributed by atoms with Crippen LogP contribution in [0.4, 0.5) is 11.4 Å². The van der Waals surface area contributed by atoms with Crippen molar-refractivity contribution in [2.24, 2.45) is 11.7 Å². The minimum absolute atomic E-state index is 0.0290. The lowest BCUT2D eigenvalue weighted by molar-refractivity contribution is -0.134. The van der Waals surface area contributed by atoms with Crippen LogP contribution in [-0.4, -0.2) is 58.5 Å². The van der Waals surface area contributed by atoms with Gasteiger partial charge in [0.05, 0.1) is 16.9 Å². The summed E-state index contributed by atoms with van der Waals surface area (Å²) >= 11 is 0. The van der Waals surface area contributed by atoms with Gasteiger partial charge < -0.3 is 25.6 Å². The Morgan fingerprint density at radius 2 is 1.82 bits per heavy atom. The zero-order valence-corrected chi connectivity index (χ0v) is 20.2. The van der Waals surface area contributed by atoms with Crippen LogP contribution >= 0.6 is 0 Å². The molecule has 2 amide bonds. The molecular weight excluding hydrogens is 432 g/mol. The Morgan fingerprint density at radius 1 is 1.15 bits per heavy atom. The largest absolute Gasteiger partial charge is 0.487 e. The summed E-state index contributed by atoms with van der Waals surface area (Å²) in [5, 5.41) is 3.02. The highest BCUT2D eigenvalue weighted by Crippen LogP contribution is 2.42. The first-order valence-corrected chi connectivity index (χ1v) is 11.6. The van der Waals surface area contributed by atoms with Crippen LogP contribution in [0.2, 0.25) is 0 Å². The maximum atomic E-state index is 13.2. The number of anilines is 2. The summed E-state index contributed by atoms with van der Waals surface area (Å²) in [5.74, 6) is 0.823. The first-order chi connectivity index (χ1) is 16.2. The third kappa shape index (κ3) is 4.83. The van der Waals surface area contributed by atoms with Gasteiger partial charge in [-0.25, -0.2) is 9.97 Å². The Labute approximate surface area is 200 Å². The van der Waals surface area contributed by atoms with Crippen LogP contribution in [-0.2, 0) is 16.0 Å². The molecule has 0 bridgehead atoms. The molecular formula is C25H32N6O3. The van der Waals surface area contributed by atoms with Crippen LogP contribution in [0.15, 0.2) is 36.8 Å². The van der Waals surface area contributed by atoms with Gasteiger partial charge in [-0.05, 0) is 26.0 Å². The highest BCUT2D eigenvalue weighted by Gasteiger charge is 2.33. The summed E-state index contributed by atoms with van der Waals surface area (Å²) in [5.41, 5.74) is 8.20. The Hall–Kier alpha value is -3.62. The molecule has 1 saturated heterocycles. The molecule has 0 spiro atoms. The second kappa shape index (κ2) is 9.32. The summed E-state index contributed by atoms with van der Waals surface area (Å²) in [6.45, 7) is 10.5. The number of piperazine rings is 1. The second-order valence-corrected chi connectivity index (χ2v) is 9.59. The summed E-state index contributed by atoms with van der Waals surface area (Å²) in [6, 6.07) is 5.65. The van der Waals surface area contributed by atoms with E-state index in [-0.39, 0.29) is 34.7 Å². The summed E-state index contributed by atoms with van der Waals surface area (Å²) < 4.78 is 6.16. The number of nitrogens with zero attached hydrogens (tertiary/aromatic N) is 4. The topological polar surface area (TPSA) is 114 Å². The number of aromatic nitrogens is 2. The van der Waals surface area contributed by atoms with Crippen LogP contribution < -0.4 is 20.7 Å². The number of carbonyl (C=O) groups is 2. The van der Waals surface area contributed by atoms with Gasteiger partial charge in [0.2, 0.25) is 5.91 Å². The minimum Gasteiger partial charge on any atom is -0.487 e. The lowest BCUT2D eigenvalue weighted by atomic mass is 10.0. The van der Waals surface area contributed by atoms with Gasteiger partial charge in [-0.15, -0.1) is 0 Å². The fourth-order valence-electron chi connectivity index (χ4n) is 4.41. The van der Waals surface area contributed by atoms with Gasteiger partial charge in [-0.1, -0.05) is 13.8 Å². The van der Waals surface area contributed by atoms with Gasteiger partial charge in [0.1, 0.15) is 11.4 Å². The predicted octanol–water partition coefficient (Wildman–Crippen LogP) is 2.43. The molecule has 34 heavy (non-hydrogen) atoms. The minimum atomic E-state index is -0.387. The molecule has 0 radical (unpaired) electrons. The number of rotatable bonds is 5. The molecule has 0 unspecified atom stereocenters. The summed E-state index contributed by atoms with van der Waals surface area (Å²) in [4.78, 5) is 38.0. The van der Waals surface area contributed by atoms with Gasteiger partial charge in [-0.2, -0.15) is 0 Å². The van der Waals surface area contributed by atoms with Crippen molar-refractivity contribution in [1.29, 1.82) is 0 Å². The first-order valence-electron chi connectivity index (χ1n) is 11.6. The maximum absolute atomic E-state index is 13.2. The molecule has 180 valence electrons. The SMILES string of the molecule is CC(C)C(=O)N1CCN(c2cc3c(cc2NC(=O)C(=CN)c2ncccn2)CC(C)(C)O3)CC1. The van der Waals surface area contributed by atoms with Crippen molar-refractivity contribution >= 4 is 28.8 Å². The molecule has 1 aromatic carbocycles. The zero-order valence-electron chi connectivity index (χ0n) is 20.2. The highest BCUT2D eigenvalue weighted by molar-refractivity contribution is 6.24. The fraction of sp³-hybridized carbons (Fsp3) is 0.440. The van der Waals surface area contributed by atoms with E-state index in [9.17, 15) is 9.59 Å². The van der Waals surface area contributed by atoms with Crippen molar-refractivity contribution in [2.45, 2.75) is 39.7 Å². The molecule has 3 N–H and O–H groups in total. The average Bonchev–Trinajstić information content (AvgIpc) is 3.12. The number of carbonyl (C=O) groups excluding carboxylic acids is 2. The Morgan fingerprint density at radius 3 is 2.44 bits per heavy atom. The number of hydrogen-bond acceptors (Lipinski definition) is 7. The summed E-state index contributed by atoms with van der Waals surface area (Å²) in [6.07, 6.45) is 5.10. The molecule has 4 rings (SSSR count). The zero-order chi connectivity index (χ0) is 24.5. The molecule has 1 aromatic heterocycles. The van der Waals surface area contributed by atoms with Crippen molar-refractivity contribution in [2.75, 3.05) is 36.4 Å². The van der Waals surface area contributed by atoms with Crippen LogP contribution in [0, 0.1) is 5.92 Å². The Balaban J connectivity index is 1.62. The molecule has 2 aliphatic rings. The van der Waals surface area contributed by atoms with E-state index in [1.165, 1.54) is 6.20 Å². The van der Waals surface area contributed by atoms with E-state index in [1.807, 2.05) is 44.7 Å². The van der Waals surface area contributed by atoms with E-state index >= 15 is 0 Å². The van der Waals surface area contributed by atoms with Crippen LogP contribution in [0.25, 0.3) is 5.57 Å². The van der Waals surface area contributed by atoms with Gasteiger partial charge >= 0.3 is 0 Å². The third-order valence-corrected chi connectivity index (χ3v) is 6.07.